The average molecular weight is 413 g/mol. The van der Waals surface area contributed by atoms with Crippen molar-refractivity contribution in [1.82, 2.24) is 19.2 Å². The van der Waals surface area contributed by atoms with Crippen molar-refractivity contribution >= 4 is 22.2 Å². The van der Waals surface area contributed by atoms with E-state index in [9.17, 15) is 4.79 Å². The first kappa shape index (κ1) is 20.1. The van der Waals surface area contributed by atoms with Gasteiger partial charge in [-0.05, 0) is 30.9 Å². The molecule has 7 heteroatoms. The van der Waals surface area contributed by atoms with Crippen molar-refractivity contribution in [2.75, 3.05) is 40.4 Å². The zero-order chi connectivity index (χ0) is 20.2. The lowest BCUT2D eigenvalue weighted by Crippen LogP contribution is -2.31. The van der Waals surface area contributed by atoms with E-state index in [1.54, 1.807) is 23.3 Å². The van der Waals surface area contributed by atoms with Gasteiger partial charge in [-0.2, -0.15) is 0 Å². The van der Waals surface area contributed by atoms with Crippen LogP contribution >= 0.6 is 11.3 Å². The van der Waals surface area contributed by atoms with Gasteiger partial charge < -0.3 is 9.64 Å². The van der Waals surface area contributed by atoms with Crippen LogP contribution < -0.4 is 0 Å². The van der Waals surface area contributed by atoms with E-state index < -0.39 is 0 Å². The number of likely N-dealkylation sites (N-methyl/N-ethyl adjacent to an activating group) is 1. The summed E-state index contributed by atoms with van der Waals surface area (Å²) in [5, 5.41) is 2.02. The molecule has 1 amide bonds. The summed E-state index contributed by atoms with van der Waals surface area (Å²) in [6.07, 6.45) is 4.00. The molecule has 0 radical (unpaired) electrons. The fourth-order valence-electron chi connectivity index (χ4n) is 4.02. The van der Waals surface area contributed by atoms with Crippen LogP contribution in [0.25, 0.3) is 4.96 Å². The topological polar surface area (TPSA) is 50.1 Å². The van der Waals surface area contributed by atoms with Crippen molar-refractivity contribution in [3.63, 3.8) is 0 Å². The second-order valence-electron chi connectivity index (χ2n) is 7.77. The molecule has 3 aromatic rings. The molecule has 0 N–H and O–H groups in total. The molecule has 0 aliphatic carbocycles. The maximum absolute atomic E-state index is 13.2. The molecule has 3 heterocycles. The molecule has 29 heavy (non-hydrogen) atoms. The molecule has 1 aliphatic heterocycles. The van der Waals surface area contributed by atoms with E-state index in [4.69, 9.17) is 4.74 Å². The number of aromatic nitrogens is 2. The summed E-state index contributed by atoms with van der Waals surface area (Å²) in [6, 6.07) is 10.3. The first-order valence-corrected chi connectivity index (χ1v) is 11.0. The Hall–Kier alpha value is -2.22. The number of methoxy groups -OCH3 is 1. The maximum Gasteiger partial charge on any atom is 0.274 e. The molecule has 0 unspecified atom stereocenters. The van der Waals surface area contributed by atoms with Gasteiger partial charge in [-0.25, -0.2) is 4.98 Å². The monoisotopic (exact) mass is 412 g/mol. The Morgan fingerprint density at radius 3 is 2.97 bits per heavy atom. The lowest BCUT2D eigenvalue weighted by molar-refractivity contribution is 0.0789. The summed E-state index contributed by atoms with van der Waals surface area (Å²) >= 11 is 1.57. The standard InChI is InChI=1S/C22H28N4O2S/c1-24(10-8-17-6-4-3-5-7-17)21(27)20-19(26-12-13-29-22(26)23-20)15-25-11-9-18(14-25)16-28-2/h3-7,12-13,18H,8-11,14-16H2,1-2H3/t18-/m0/s1. The van der Waals surface area contributed by atoms with Crippen LogP contribution in [0.3, 0.4) is 0 Å². The number of hydrogen-bond donors (Lipinski definition) is 0. The van der Waals surface area contributed by atoms with Gasteiger partial charge in [0.15, 0.2) is 10.7 Å². The van der Waals surface area contributed by atoms with Crippen LogP contribution in [0.1, 0.15) is 28.2 Å². The molecule has 2 aromatic heterocycles. The molecular formula is C22H28N4O2S. The van der Waals surface area contributed by atoms with E-state index in [0.29, 0.717) is 18.2 Å². The van der Waals surface area contributed by atoms with Crippen molar-refractivity contribution in [3.8, 4) is 0 Å². The van der Waals surface area contributed by atoms with Gasteiger partial charge in [0.1, 0.15) is 0 Å². The number of benzene rings is 1. The van der Waals surface area contributed by atoms with Crippen LogP contribution in [0, 0.1) is 5.92 Å². The van der Waals surface area contributed by atoms with Gasteiger partial charge in [0.2, 0.25) is 0 Å². The molecular weight excluding hydrogens is 384 g/mol. The molecule has 6 nitrogen and oxygen atoms in total. The summed E-state index contributed by atoms with van der Waals surface area (Å²) in [5.41, 5.74) is 2.82. The number of carbonyl (C=O) groups is 1. The Labute approximate surface area is 175 Å². The number of ether oxygens (including phenoxy) is 1. The number of imidazole rings is 1. The first-order chi connectivity index (χ1) is 14.2. The third-order valence-electron chi connectivity index (χ3n) is 5.63. The quantitative estimate of drug-likeness (QED) is 0.570. The molecule has 154 valence electrons. The van der Waals surface area contributed by atoms with Crippen molar-refractivity contribution in [1.29, 1.82) is 0 Å². The van der Waals surface area contributed by atoms with Crippen LogP contribution in [0.15, 0.2) is 41.9 Å². The van der Waals surface area contributed by atoms with E-state index in [1.807, 2.05) is 36.8 Å². The number of hydrogen-bond acceptors (Lipinski definition) is 5. The number of likely N-dealkylation sites (tertiary alicyclic amines) is 1. The number of thiazole rings is 1. The van der Waals surface area contributed by atoms with Crippen LogP contribution in [-0.2, 0) is 17.7 Å². The molecule has 1 saturated heterocycles. The first-order valence-electron chi connectivity index (χ1n) is 10.1. The van der Waals surface area contributed by atoms with Gasteiger partial charge in [0.05, 0.1) is 12.3 Å². The predicted octanol–water partition coefficient (Wildman–Crippen LogP) is 3.18. The summed E-state index contributed by atoms with van der Waals surface area (Å²) in [7, 11) is 3.63. The highest BCUT2D eigenvalue weighted by Gasteiger charge is 2.27. The number of carbonyl (C=O) groups excluding carboxylic acids is 1. The number of amides is 1. The Kier molecular flexibility index (Phi) is 6.28. The van der Waals surface area contributed by atoms with Gasteiger partial charge >= 0.3 is 0 Å². The maximum atomic E-state index is 13.2. The molecule has 0 spiro atoms. The summed E-state index contributed by atoms with van der Waals surface area (Å²) < 4.78 is 7.40. The highest BCUT2D eigenvalue weighted by Crippen LogP contribution is 2.24. The van der Waals surface area contributed by atoms with E-state index in [-0.39, 0.29) is 5.91 Å². The van der Waals surface area contributed by atoms with Gasteiger partial charge in [-0.3, -0.25) is 14.1 Å². The average Bonchev–Trinajstić information content (AvgIpc) is 3.45. The van der Waals surface area contributed by atoms with Gasteiger partial charge in [-0.1, -0.05) is 30.3 Å². The van der Waals surface area contributed by atoms with Gasteiger partial charge in [-0.15, -0.1) is 11.3 Å². The van der Waals surface area contributed by atoms with Crippen LogP contribution in [-0.4, -0.2) is 65.5 Å². The van der Waals surface area contributed by atoms with E-state index in [1.165, 1.54) is 5.56 Å². The fraction of sp³-hybridized carbons (Fsp3) is 0.455. The minimum Gasteiger partial charge on any atom is -0.384 e. The highest BCUT2D eigenvalue weighted by molar-refractivity contribution is 7.15. The SMILES string of the molecule is COC[C@H]1CCN(Cc2c(C(=O)N(C)CCc3ccccc3)nc3sccn23)C1. The van der Waals surface area contributed by atoms with Crippen LogP contribution in [0.2, 0.25) is 0 Å². The predicted molar refractivity (Wildman–Crippen MR) is 115 cm³/mol. The Balaban J connectivity index is 1.48. The number of rotatable bonds is 8. The van der Waals surface area contributed by atoms with Crippen molar-refractivity contribution in [2.24, 2.45) is 5.92 Å². The third kappa shape index (κ3) is 4.52. The molecule has 0 bridgehead atoms. The lowest BCUT2D eigenvalue weighted by atomic mass is 10.1. The normalized spacial score (nSPS) is 17.2. The fourth-order valence-corrected chi connectivity index (χ4v) is 4.75. The largest absolute Gasteiger partial charge is 0.384 e. The third-order valence-corrected chi connectivity index (χ3v) is 6.39. The van der Waals surface area contributed by atoms with Crippen molar-refractivity contribution < 1.29 is 9.53 Å². The Bertz CT molecular complexity index is 952. The van der Waals surface area contributed by atoms with E-state index in [0.717, 1.165) is 49.7 Å². The zero-order valence-corrected chi connectivity index (χ0v) is 17.9. The molecule has 4 rings (SSSR count). The minimum absolute atomic E-state index is 0.000491. The number of fused-ring (bicyclic) bond motifs is 1. The summed E-state index contributed by atoms with van der Waals surface area (Å²) in [4.78, 5) is 23.0. The van der Waals surface area contributed by atoms with Crippen LogP contribution in [0.4, 0.5) is 0 Å². The van der Waals surface area contributed by atoms with E-state index in [2.05, 4.69) is 26.4 Å². The second-order valence-corrected chi connectivity index (χ2v) is 8.64. The smallest absolute Gasteiger partial charge is 0.274 e. The highest BCUT2D eigenvalue weighted by atomic mass is 32.1. The van der Waals surface area contributed by atoms with Crippen molar-refractivity contribution in [2.45, 2.75) is 19.4 Å². The lowest BCUT2D eigenvalue weighted by Gasteiger charge is -2.19. The van der Waals surface area contributed by atoms with Gasteiger partial charge in [0.25, 0.3) is 5.91 Å². The van der Waals surface area contributed by atoms with E-state index >= 15 is 0 Å². The molecule has 1 atom stereocenters. The molecule has 1 aliphatic rings. The molecule has 1 fully saturated rings. The summed E-state index contributed by atoms with van der Waals surface area (Å²) in [6.45, 7) is 4.25. The summed E-state index contributed by atoms with van der Waals surface area (Å²) in [5.74, 6) is 0.568. The number of nitrogens with zero attached hydrogens (tertiary/aromatic N) is 4. The minimum atomic E-state index is -0.000491. The molecule has 0 saturated carbocycles. The van der Waals surface area contributed by atoms with Gasteiger partial charge in [0, 0.05) is 45.4 Å². The van der Waals surface area contributed by atoms with Crippen LogP contribution in [0.5, 0.6) is 0 Å². The van der Waals surface area contributed by atoms with Crippen molar-refractivity contribution in [3.05, 3.63) is 58.9 Å². The molecule has 1 aromatic carbocycles. The zero-order valence-electron chi connectivity index (χ0n) is 17.1. The second kappa shape index (κ2) is 9.07. The Morgan fingerprint density at radius 2 is 2.17 bits per heavy atom. The Morgan fingerprint density at radius 1 is 1.34 bits per heavy atom.